The first-order valence-electron chi connectivity index (χ1n) is 10.1. The van der Waals surface area contributed by atoms with E-state index >= 15 is 0 Å². The minimum atomic E-state index is -1.36. The van der Waals surface area contributed by atoms with Gasteiger partial charge in [0.15, 0.2) is 0 Å². The van der Waals surface area contributed by atoms with Gasteiger partial charge in [0.05, 0.1) is 6.04 Å². The van der Waals surface area contributed by atoms with Crippen molar-refractivity contribution in [3.8, 4) is 0 Å². The molecule has 214 valence electrons. The predicted octanol–water partition coefficient (Wildman–Crippen LogP) is 0.883. The van der Waals surface area contributed by atoms with Gasteiger partial charge in [0.25, 0.3) is 1.45 Å². The number of ketones is 1. The Labute approximate surface area is 211 Å². The first kappa shape index (κ1) is 45.4. The van der Waals surface area contributed by atoms with Crippen molar-refractivity contribution in [2.45, 2.75) is 81.3 Å². The highest BCUT2D eigenvalue weighted by Gasteiger charge is 2.27. The minimum Gasteiger partial charge on any atom is -0.554 e. The summed E-state index contributed by atoms with van der Waals surface area (Å²) in [6, 6.07) is -1.05. The second kappa shape index (κ2) is 29.0. The fraction of sp³-hybridized carbons (Fsp3) is 0.714. The van der Waals surface area contributed by atoms with Crippen LogP contribution in [-0.2, 0) is 33.6 Å². The molecule has 13 nitrogen and oxygen atoms in total. The first-order valence-corrected chi connectivity index (χ1v) is 9.18. The van der Waals surface area contributed by atoms with E-state index in [1.165, 1.54) is 0 Å². The van der Waals surface area contributed by atoms with Gasteiger partial charge < -0.3 is 42.5 Å². The maximum absolute atomic E-state index is 10.6. The molecule has 0 saturated heterocycles. The highest BCUT2D eigenvalue weighted by atomic mass is 19.0. The average Bonchev–Trinajstić information content (AvgIpc) is 2.72. The third-order valence-corrected chi connectivity index (χ3v) is 2.96. The van der Waals surface area contributed by atoms with Crippen molar-refractivity contribution in [3.05, 3.63) is 0 Å². The Hall–Kier alpha value is -3.06. The zero-order valence-corrected chi connectivity index (χ0v) is 21.2. The van der Waals surface area contributed by atoms with Crippen molar-refractivity contribution < 1.29 is 56.4 Å². The van der Waals surface area contributed by atoms with Gasteiger partial charge >= 0.3 is 18.1 Å². The van der Waals surface area contributed by atoms with Gasteiger partial charge in [-0.25, -0.2) is 4.79 Å². The Morgan fingerprint density at radius 3 is 1.46 bits per heavy atom. The molecule has 0 fully saturated rings. The summed E-state index contributed by atoms with van der Waals surface area (Å²) in [6.45, 7) is 13.7. The van der Waals surface area contributed by atoms with E-state index in [1.54, 1.807) is 41.5 Å². The van der Waals surface area contributed by atoms with Crippen molar-refractivity contribution in [2.75, 3.05) is 0 Å². The van der Waals surface area contributed by atoms with Gasteiger partial charge in [0.2, 0.25) is 5.78 Å². The summed E-state index contributed by atoms with van der Waals surface area (Å²) >= 11 is 0. The van der Waals surface area contributed by atoms with Gasteiger partial charge in [-0.2, -0.15) is 9.59 Å². The molecule has 14 heteroatoms. The van der Waals surface area contributed by atoms with Crippen LogP contribution >= 0.6 is 0 Å². The molecular weight excluding hydrogens is 473 g/mol. The second-order valence-corrected chi connectivity index (χ2v) is 8.62. The van der Waals surface area contributed by atoms with Crippen LogP contribution in [0.2, 0.25) is 1.41 Å². The van der Waals surface area contributed by atoms with E-state index in [0.717, 1.165) is 12.7 Å². The fourth-order valence-electron chi connectivity index (χ4n) is 1.25. The van der Waals surface area contributed by atoms with Crippen molar-refractivity contribution in [1.82, 2.24) is 6.15 Å². The van der Waals surface area contributed by atoms with Crippen LogP contribution < -0.4 is 22.7 Å². The van der Waals surface area contributed by atoms with Crippen molar-refractivity contribution >= 4 is 36.6 Å². The normalized spacial score (nSPS) is 11.1. The van der Waals surface area contributed by atoms with E-state index in [4.69, 9.17) is 41.6 Å². The van der Waals surface area contributed by atoms with Crippen LogP contribution in [0.4, 0.5) is 4.72 Å². The van der Waals surface area contributed by atoms with Crippen molar-refractivity contribution in [3.63, 3.8) is 0 Å². The maximum atomic E-state index is 10.6. The molecule has 10 N–H and O–H groups in total. The molecular formula is C21H48FN3O10. The minimum absolute atomic E-state index is 0. The topological polar surface area (TPSA) is 272 Å². The molecule has 0 rings (SSSR count). The summed E-state index contributed by atoms with van der Waals surface area (Å²) in [5, 5.41) is 24.8. The van der Waals surface area contributed by atoms with Crippen LogP contribution in [0.1, 0.15) is 70.7 Å². The molecule has 0 spiro atoms. The number of quaternary nitrogens is 1. The number of carboxylic acid groups (broad SMARTS) is 3. The molecule has 0 bridgehead atoms. The van der Waals surface area contributed by atoms with E-state index in [0.29, 0.717) is 5.92 Å². The highest BCUT2D eigenvalue weighted by Crippen LogP contribution is 2.16. The molecule has 0 aliphatic heterocycles. The summed E-state index contributed by atoms with van der Waals surface area (Å²) in [5.41, 5.74) is 6.36. The number of halogens is 1. The number of aliphatic carboxylic acids is 2. The van der Waals surface area contributed by atoms with E-state index in [-0.39, 0.29) is 32.6 Å². The largest absolute Gasteiger partial charge is 0.554 e. The third kappa shape index (κ3) is 49.2. The average molecular weight is 524 g/mol. The first-order chi connectivity index (χ1) is 15.7. The number of carbonyl (C=O) groups excluding carboxylic acids is 5. The van der Waals surface area contributed by atoms with Crippen molar-refractivity contribution in [2.24, 2.45) is 28.2 Å². The van der Waals surface area contributed by atoms with Gasteiger partial charge in [0.1, 0.15) is 13.7 Å². The van der Waals surface area contributed by atoms with Crippen LogP contribution in [0.3, 0.4) is 0 Å². The Morgan fingerprint density at radius 1 is 1.11 bits per heavy atom. The number of rotatable bonds is 6. The summed E-state index contributed by atoms with van der Waals surface area (Å²) in [7, 11) is 0. The van der Waals surface area contributed by atoms with Crippen LogP contribution in [-0.4, -0.2) is 60.4 Å². The Morgan fingerprint density at radius 2 is 1.43 bits per heavy atom. The lowest BCUT2D eigenvalue weighted by Crippen LogP contribution is -2.41. The molecule has 0 radical (unpaired) electrons. The molecule has 0 aliphatic carbocycles. The number of nitrogens with two attached hydrogens (primary N) is 2. The van der Waals surface area contributed by atoms with Crippen molar-refractivity contribution in [1.29, 1.82) is 1.45 Å². The molecule has 0 saturated carbocycles. The van der Waals surface area contributed by atoms with Gasteiger partial charge in [0, 0.05) is 13.3 Å². The number of aldehydes is 1. The van der Waals surface area contributed by atoms with Crippen LogP contribution in [0.25, 0.3) is 0 Å². The highest BCUT2D eigenvalue weighted by molar-refractivity contribution is 6.34. The second-order valence-electron chi connectivity index (χ2n) is 8.62. The maximum Gasteiger partial charge on any atom is 0.373 e. The van der Waals surface area contributed by atoms with Crippen LogP contribution in [0, 0.1) is 16.7 Å². The van der Waals surface area contributed by atoms with Gasteiger partial charge in [-0.05, 0) is 17.8 Å². The van der Waals surface area contributed by atoms with E-state index < -0.39 is 35.7 Å². The zero-order valence-electron chi connectivity index (χ0n) is 23.2. The number of hydrogen-bond acceptors (Lipinski definition) is 10. The SMILES string of the molecule is C.CC(C)(C)C(=O)C(=O)O.CC(C)(C)[C@H](N)C(=O)O.O=C=O.O=C[O-].[2H]F.[2H]N[C@H](C=O)CC(C)C.[HH].[NH4+]. The molecule has 35 heavy (non-hydrogen) atoms. The summed E-state index contributed by atoms with van der Waals surface area (Å²) in [5.74, 6) is -2.58. The van der Waals surface area contributed by atoms with E-state index in [2.05, 4.69) is 7.18 Å². The smallest absolute Gasteiger partial charge is 0.373 e. The standard InChI is InChI=1S/C6H13NO2.C6H13NO.C6H10O3.CH2O2.CO2.CH4.FH.H3N.H2/c1-6(2,3)4(7)5(8)9;1-5(2)3-6(7)4-8;1-6(2,3)4(7)5(8)9;2*2-1-3;;;;/h4H,7H2,1-3H3,(H,8,9);4-6H,3,7H2,1-2H3;1-3H3,(H,8,9);1H,(H,2,3);;1H4;1H;1H3;1H/t4-;6-;;;;;;;/m10......./s1/i/hD2. The number of Topliss-reactive ketones (excluding diaryl/α,β-unsaturated/α-hetero) is 1. The summed E-state index contributed by atoms with van der Waals surface area (Å²) in [6.07, 6.45) is 1.76. The van der Waals surface area contributed by atoms with Gasteiger partial charge in [-0.3, -0.25) is 14.3 Å². The zero-order chi connectivity index (χ0) is 30.0. The lowest BCUT2D eigenvalue weighted by atomic mass is 9.88. The van der Waals surface area contributed by atoms with E-state index in [1.807, 2.05) is 13.8 Å². The molecule has 0 heterocycles. The predicted molar refractivity (Wildman–Crippen MR) is 129 cm³/mol. The monoisotopic (exact) mass is 523 g/mol. The molecule has 0 aromatic heterocycles. The molecule has 2 atom stereocenters. The van der Waals surface area contributed by atoms with E-state index in [9.17, 15) is 19.2 Å². The number of hydrogen-bond donors (Lipinski definition) is 5. The number of carboxylic acids is 2. The van der Waals surface area contributed by atoms with Crippen LogP contribution in [0.5, 0.6) is 0 Å². The molecule has 0 aliphatic rings. The fourth-order valence-corrected chi connectivity index (χ4v) is 1.25. The van der Waals surface area contributed by atoms with Crippen LogP contribution in [0.15, 0.2) is 0 Å². The van der Waals surface area contributed by atoms with Gasteiger partial charge in [-0.15, -0.1) is 0 Å². The summed E-state index contributed by atoms with van der Waals surface area (Å²) < 4.78 is 19.7. The Balaban J connectivity index is -0.0000000402. The molecule has 0 aromatic rings. The molecule has 0 amide bonds. The molecule has 0 aromatic carbocycles. The quantitative estimate of drug-likeness (QED) is 0.240. The molecule has 0 unspecified atom stereocenters. The van der Waals surface area contributed by atoms with Gasteiger partial charge in [-0.1, -0.05) is 62.8 Å². The lowest BCUT2D eigenvalue weighted by Gasteiger charge is -2.22. The summed E-state index contributed by atoms with van der Waals surface area (Å²) in [4.78, 5) is 65.4. The Bertz CT molecular complexity index is 625. The Kier molecular flexibility index (Phi) is 37.6. The number of carbonyl (C=O) groups is 5. The third-order valence-electron chi connectivity index (χ3n) is 2.96. The lowest BCUT2D eigenvalue weighted by molar-refractivity contribution is -0.283.